The Hall–Kier alpha value is -2.67. The summed E-state index contributed by atoms with van der Waals surface area (Å²) in [6.45, 7) is 4.84. The van der Waals surface area contributed by atoms with Gasteiger partial charge in [-0.1, -0.05) is 30.3 Å². The van der Waals surface area contributed by atoms with Gasteiger partial charge in [-0.05, 0) is 57.2 Å². The molecule has 2 aromatic rings. The molecule has 1 aromatic carbocycles. The first kappa shape index (κ1) is 22.1. The molecule has 176 valence electrons. The average Bonchev–Trinajstić information content (AvgIpc) is 3.59. The number of hydrogen-bond donors (Lipinski definition) is 0. The predicted molar refractivity (Wildman–Crippen MR) is 128 cm³/mol. The predicted octanol–water partition coefficient (Wildman–Crippen LogP) is 3.13. The Balaban J connectivity index is 1.42. The average molecular weight is 450 g/mol. The van der Waals surface area contributed by atoms with E-state index in [2.05, 4.69) is 14.4 Å². The first-order valence-corrected chi connectivity index (χ1v) is 12.5. The van der Waals surface area contributed by atoms with Crippen LogP contribution in [0.15, 0.2) is 30.3 Å². The van der Waals surface area contributed by atoms with E-state index >= 15 is 0 Å². The molecule has 2 amide bonds. The van der Waals surface area contributed by atoms with E-state index in [-0.39, 0.29) is 17.9 Å². The van der Waals surface area contributed by atoms with Crippen molar-refractivity contribution in [2.24, 2.45) is 0 Å². The number of carbonyl (C=O) groups excluding carboxylic acids is 2. The molecule has 5 rings (SSSR count). The van der Waals surface area contributed by atoms with E-state index in [1.165, 1.54) is 12.8 Å². The Kier molecular flexibility index (Phi) is 6.49. The molecule has 0 N–H and O–H groups in total. The molecule has 3 aliphatic heterocycles. The molecule has 0 saturated carbocycles. The molecule has 1 unspecified atom stereocenters. The fourth-order valence-corrected chi connectivity index (χ4v) is 5.61. The summed E-state index contributed by atoms with van der Waals surface area (Å²) in [5.41, 5.74) is 1.58. The molecule has 0 spiro atoms. The van der Waals surface area contributed by atoms with Crippen molar-refractivity contribution in [1.29, 1.82) is 0 Å². The number of nitrogens with zero attached hydrogens (tertiary/aromatic N) is 5. The molecule has 3 aliphatic rings. The number of carbonyl (C=O) groups is 2. The van der Waals surface area contributed by atoms with Crippen LogP contribution in [-0.2, 0) is 24.2 Å². The Bertz CT molecular complexity index is 996. The topological polar surface area (TPSA) is 61.7 Å². The third-order valence-electron chi connectivity index (χ3n) is 7.46. The van der Waals surface area contributed by atoms with Gasteiger partial charge < -0.3 is 14.4 Å². The van der Waals surface area contributed by atoms with Crippen LogP contribution in [0.2, 0.25) is 0 Å². The summed E-state index contributed by atoms with van der Waals surface area (Å²) in [4.78, 5) is 38.2. The number of hydrogen-bond acceptors (Lipinski definition) is 4. The van der Waals surface area contributed by atoms with Crippen molar-refractivity contribution in [2.45, 2.75) is 64.0 Å². The molecule has 1 aromatic heterocycles. The van der Waals surface area contributed by atoms with E-state index in [1.807, 2.05) is 30.3 Å². The molecule has 0 aliphatic carbocycles. The highest BCUT2D eigenvalue weighted by atomic mass is 16.2. The van der Waals surface area contributed by atoms with Crippen molar-refractivity contribution in [2.75, 3.05) is 38.1 Å². The zero-order valence-corrected chi connectivity index (χ0v) is 19.7. The van der Waals surface area contributed by atoms with Gasteiger partial charge in [-0.3, -0.25) is 14.5 Å². The molecule has 4 heterocycles. The van der Waals surface area contributed by atoms with Gasteiger partial charge in [-0.2, -0.15) is 0 Å². The van der Waals surface area contributed by atoms with Crippen LogP contribution < -0.4 is 4.90 Å². The van der Waals surface area contributed by atoms with Gasteiger partial charge in [0.1, 0.15) is 5.82 Å². The number of aromatic nitrogens is 2. The van der Waals surface area contributed by atoms with Crippen molar-refractivity contribution < 1.29 is 9.59 Å². The van der Waals surface area contributed by atoms with Crippen molar-refractivity contribution in [3.63, 3.8) is 0 Å². The fraction of sp³-hybridized carbons (Fsp3) is 0.577. The number of imidazole rings is 1. The lowest BCUT2D eigenvalue weighted by atomic mass is 10.1. The minimum atomic E-state index is -0.0410. The zero-order valence-electron chi connectivity index (χ0n) is 19.7. The van der Waals surface area contributed by atoms with Crippen LogP contribution in [0.3, 0.4) is 0 Å². The van der Waals surface area contributed by atoms with Crippen molar-refractivity contribution in [1.82, 2.24) is 19.4 Å². The first-order valence-electron chi connectivity index (χ1n) is 12.5. The Labute approximate surface area is 196 Å². The van der Waals surface area contributed by atoms with Gasteiger partial charge >= 0.3 is 0 Å². The van der Waals surface area contributed by atoms with E-state index in [4.69, 9.17) is 4.98 Å². The van der Waals surface area contributed by atoms with Gasteiger partial charge in [0, 0.05) is 39.1 Å². The molecule has 2 fully saturated rings. The summed E-state index contributed by atoms with van der Waals surface area (Å²) in [5, 5.41) is 0. The maximum Gasteiger partial charge on any atom is 0.274 e. The van der Waals surface area contributed by atoms with Crippen molar-refractivity contribution in [3.05, 3.63) is 47.4 Å². The second-order valence-corrected chi connectivity index (χ2v) is 9.73. The number of rotatable bonds is 6. The van der Waals surface area contributed by atoms with Gasteiger partial charge in [0.15, 0.2) is 11.5 Å². The van der Waals surface area contributed by atoms with Crippen molar-refractivity contribution in [3.8, 4) is 0 Å². The van der Waals surface area contributed by atoms with Gasteiger partial charge in [0.2, 0.25) is 5.91 Å². The summed E-state index contributed by atoms with van der Waals surface area (Å²) >= 11 is 0. The number of benzene rings is 1. The van der Waals surface area contributed by atoms with E-state index in [0.717, 1.165) is 76.2 Å². The largest absolute Gasteiger partial charge is 0.333 e. The van der Waals surface area contributed by atoms with Crippen LogP contribution in [0, 0.1) is 0 Å². The second kappa shape index (κ2) is 9.67. The lowest BCUT2D eigenvalue weighted by molar-refractivity contribution is -0.117. The van der Waals surface area contributed by atoms with Crippen LogP contribution in [-0.4, -0.2) is 70.4 Å². The monoisotopic (exact) mass is 449 g/mol. The highest BCUT2D eigenvalue weighted by molar-refractivity contribution is 6.03. The molecule has 33 heavy (non-hydrogen) atoms. The number of aryl methyl sites for hydroxylation is 1. The second-order valence-electron chi connectivity index (χ2n) is 9.73. The quantitative estimate of drug-likeness (QED) is 0.680. The summed E-state index contributed by atoms with van der Waals surface area (Å²) in [7, 11) is 1.77. The Morgan fingerprint density at radius 1 is 1.00 bits per heavy atom. The number of likely N-dealkylation sites (N-methyl/N-ethyl adjacent to an activating group) is 1. The van der Waals surface area contributed by atoms with Crippen molar-refractivity contribution >= 4 is 17.6 Å². The number of amides is 2. The third-order valence-corrected chi connectivity index (χ3v) is 7.46. The highest BCUT2D eigenvalue weighted by Gasteiger charge is 2.37. The summed E-state index contributed by atoms with van der Waals surface area (Å²) < 4.78 is 2.10. The lowest BCUT2D eigenvalue weighted by Gasteiger charge is -2.30. The lowest BCUT2D eigenvalue weighted by Crippen LogP contribution is -2.44. The van der Waals surface area contributed by atoms with Gasteiger partial charge in [-0.15, -0.1) is 0 Å². The fourth-order valence-electron chi connectivity index (χ4n) is 5.61. The minimum absolute atomic E-state index is 0.0410. The van der Waals surface area contributed by atoms with E-state index in [9.17, 15) is 9.59 Å². The number of likely N-dealkylation sites (tertiary alicyclic amines) is 2. The van der Waals surface area contributed by atoms with Crippen LogP contribution >= 0.6 is 0 Å². The maximum atomic E-state index is 14.0. The smallest absolute Gasteiger partial charge is 0.274 e. The maximum absolute atomic E-state index is 14.0. The van der Waals surface area contributed by atoms with E-state index < -0.39 is 0 Å². The molecule has 7 heteroatoms. The normalized spacial score (nSPS) is 20.8. The number of anilines is 1. The molecular weight excluding hydrogens is 414 g/mol. The highest BCUT2D eigenvalue weighted by Crippen LogP contribution is 2.30. The van der Waals surface area contributed by atoms with Crippen LogP contribution in [0.1, 0.15) is 60.4 Å². The molecule has 1 atom stereocenters. The third kappa shape index (κ3) is 4.56. The van der Waals surface area contributed by atoms with Crippen LogP contribution in [0.4, 0.5) is 5.82 Å². The molecular formula is C26H35N5O2. The van der Waals surface area contributed by atoms with E-state index in [1.54, 1.807) is 11.9 Å². The van der Waals surface area contributed by atoms with Gasteiger partial charge in [0.25, 0.3) is 5.91 Å². The summed E-state index contributed by atoms with van der Waals surface area (Å²) in [6, 6.07) is 10.0. The van der Waals surface area contributed by atoms with Crippen LogP contribution in [0.25, 0.3) is 0 Å². The first-order chi connectivity index (χ1) is 16.1. The van der Waals surface area contributed by atoms with Gasteiger partial charge in [0.05, 0.1) is 6.42 Å². The minimum Gasteiger partial charge on any atom is -0.333 e. The summed E-state index contributed by atoms with van der Waals surface area (Å²) in [6.07, 6.45) is 7.90. The van der Waals surface area contributed by atoms with Crippen LogP contribution in [0.5, 0.6) is 0 Å². The zero-order chi connectivity index (χ0) is 22.8. The molecule has 7 nitrogen and oxygen atoms in total. The van der Waals surface area contributed by atoms with Gasteiger partial charge in [-0.25, -0.2) is 4.98 Å². The Morgan fingerprint density at radius 3 is 2.55 bits per heavy atom. The standard InChI is InChI=1S/C26H35N5O2/c1-28(23(32)18-20-10-3-2-4-11-20)25-24(31-16-6-5-13-22(31)27-25)26(33)30-17-9-12-21(30)19-29-14-7-8-15-29/h2-4,10-11,21H,5-9,12-19H2,1H3. The molecule has 0 bridgehead atoms. The Morgan fingerprint density at radius 2 is 1.76 bits per heavy atom. The van der Waals surface area contributed by atoms with E-state index in [0.29, 0.717) is 17.9 Å². The number of fused-ring (bicyclic) bond motifs is 1. The summed E-state index contributed by atoms with van der Waals surface area (Å²) in [5.74, 6) is 1.48. The molecule has 0 radical (unpaired) electrons. The molecule has 2 saturated heterocycles. The SMILES string of the molecule is CN(C(=O)Cc1ccccc1)c1nc2n(c1C(=O)N1CCCC1CN1CCCC1)CCCC2.